The molecule has 1 aliphatic carbocycles. The Hall–Kier alpha value is -2.19. The van der Waals surface area contributed by atoms with Gasteiger partial charge in [0.2, 0.25) is 0 Å². The fraction of sp³-hybridized carbons (Fsp3) is 0.263. The van der Waals surface area contributed by atoms with E-state index < -0.39 is 7.82 Å². The maximum absolute atomic E-state index is 13.3. The number of phosphoric acid groups is 1. The number of phosphoric ester groups is 1. The monoisotopic (exact) mass is 344 g/mol. The molecule has 0 fully saturated rings. The Morgan fingerprint density at radius 1 is 0.750 bits per heavy atom. The topological polar surface area (TPSA) is 44.8 Å². The lowest BCUT2D eigenvalue weighted by Crippen LogP contribution is -2.08. The van der Waals surface area contributed by atoms with E-state index >= 15 is 0 Å². The molecule has 0 radical (unpaired) electrons. The third kappa shape index (κ3) is 4.42. The van der Waals surface area contributed by atoms with Crippen LogP contribution >= 0.6 is 7.82 Å². The van der Waals surface area contributed by atoms with Gasteiger partial charge < -0.3 is 13.6 Å². The molecule has 24 heavy (non-hydrogen) atoms. The van der Waals surface area contributed by atoms with Crippen LogP contribution in [0.3, 0.4) is 0 Å². The predicted octanol–water partition coefficient (Wildman–Crippen LogP) is 6.12. The predicted molar refractivity (Wildman–Crippen MR) is 94.0 cm³/mol. The van der Waals surface area contributed by atoms with Crippen LogP contribution in [0.25, 0.3) is 0 Å². The van der Waals surface area contributed by atoms with E-state index in [1.54, 1.807) is 24.3 Å². The SMILES string of the molecule is CC1=C(OP(=O)(Oc2ccccc2)Oc2ccccc2)CCCC1. The second-order valence-corrected chi connectivity index (χ2v) is 7.20. The standard InChI is InChI=1S/C19H21O4P/c1-16-10-8-9-15-19(16)23-24(20,21-17-11-4-2-5-12-17)22-18-13-6-3-7-14-18/h2-7,11-14H,8-10,15H2,1H3. The van der Waals surface area contributed by atoms with Crippen molar-refractivity contribution < 1.29 is 18.1 Å². The van der Waals surface area contributed by atoms with Crippen LogP contribution in [0.15, 0.2) is 72.0 Å². The Morgan fingerprint density at radius 2 is 1.25 bits per heavy atom. The Balaban J connectivity index is 1.86. The van der Waals surface area contributed by atoms with Crippen molar-refractivity contribution in [2.75, 3.05) is 0 Å². The van der Waals surface area contributed by atoms with Crippen molar-refractivity contribution in [3.63, 3.8) is 0 Å². The molecule has 0 atom stereocenters. The zero-order valence-corrected chi connectivity index (χ0v) is 14.6. The molecule has 0 spiro atoms. The third-order valence-electron chi connectivity index (χ3n) is 3.82. The number of benzene rings is 2. The Morgan fingerprint density at radius 3 is 1.75 bits per heavy atom. The van der Waals surface area contributed by atoms with Gasteiger partial charge in [0.15, 0.2) is 0 Å². The van der Waals surface area contributed by atoms with Crippen LogP contribution in [0.2, 0.25) is 0 Å². The smallest absolute Gasteiger partial charge is 0.391 e. The Kier molecular flexibility index (Phi) is 5.27. The second-order valence-electron chi connectivity index (χ2n) is 5.76. The molecule has 0 amide bonds. The highest BCUT2D eigenvalue weighted by molar-refractivity contribution is 7.49. The van der Waals surface area contributed by atoms with E-state index in [9.17, 15) is 4.57 Å². The van der Waals surface area contributed by atoms with Gasteiger partial charge >= 0.3 is 7.82 Å². The van der Waals surface area contributed by atoms with Gasteiger partial charge in [-0.1, -0.05) is 36.4 Å². The molecule has 0 unspecified atom stereocenters. The second kappa shape index (κ2) is 7.59. The molecule has 126 valence electrons. The largest absolute Gasteiger partial charge is 0.646 e. The average molecular weight is 344 g/mol. The average Bonchev–Trinajstić information content (AvgIpc) is 2.58. The first-order chi connectivity index (χ1) is 11.6. The normalized spacial score (nSPS) is 15.0. The zero-order chi connectivity index (χ0) is 16.8. The number of hydrogen-bond acceptors (Lipinski definition) is 4. The van der Waals surface area contributed by atoms with E-state index in [2.05, 4.69) is 0 Å². The minimum atomic E-state index is -3.83. The molecule has 0 heterocycles. The molecule has 2 aromatic rings. The van der Waals surface area contributed by atoms with E-state index in [1.807, 2.05) is 43.3 Å². The summed E-state index contributed by atoms with van der Waals surface area (Å²) in [5.74, 6) is 1.62. The summed E-state index contributed by atoms with van der Waals surface area (Å²) in [7, 11) is -3.83. The summed E-state index contributed by atoms with van der Waals surface area (Å²) in [6.07, 6.45) is 3.85. The third-order valence-corrected chi connectivity index (χ3v) is 5.14. The minimum absolute atomic E-state index is 0.450. The van der Waals surface area contributed by atoms with E-state index in [-0.39, 0.29) is 0 Å². The fourth-order valence-electron chi connectivity index (χ4n) is 2.56. The Labute approximate surface area is 142 Å². The van der Waals surface area contributed by atoms with Gasteiger partial charge in [0.05, 0.1) is 0 Å². The summed E-state index contributed by atoms with van der Waals surface area (Å²) in [4.78, 5) is 0. The fourth-order valence-corrected chi connectivity index (χ4v) is 3.95. The van der Waals surface area contributed by atoms with Crippen LogP contribution < -0.4 is 9.05 Å². The molecule has 0 saturated heterocycles. The quantitative estimate of drug-likeness (QED) is 0.592. The highest BCUT2D eigenvalue weighted by atomic mass is 31.2. The molecule has 0 aliphatic heterocycles. The number of rotatable bonds is 6. The van der Waals surface area contributed by atoms with Crippen molar-refractivity contribution in [1.82, 2.24) is 0 Å². The van der Waals surface area contributed by atoms with E-state index in [0.29, 0.717) is 11.5 Å². The van der Waals surface area contributed by atoms with Crippen LogP contribution in [-0.4, -0.2) is 0 Å². The lowest BCUT2D eigenvalue weighted by Gasteiger charge is -2.24. The van der Waals surface area contributed by atoms with Gasteiger partial charge in [0.25, 0.3) is 0 Å². The molecular weight excluding hydrogens is 323 g/mol. The zero-order valence-electron chi connectivity index (χ0n) is 13.7. The molecule has 4 nitrogen and oxygen atoms in total. The van der Waals surface area contributed by atoms with Crippen molar-refractivity contribution in [2.45, 2.75) is 32.6 Å². The van der Waals surface area contributed by atoms with Crippen LogP contribution in [0.5, 0.6) is 11.5 Å². The molecule has 0 saturated carbocycles. The van der Waals surface area contributed by atoms with Gasteiger partial charge in [-0.05, 0) is 56.0 Å². The molecule has 2 aromatic carbocycles. The number of para-hydroxylation sites is 2. The molecular formula is C19H21O4P. The van der Waals surface area contributed by atoms with Crippen molar-refractivity contribution in [2.24, 2.45) is 0 Å². The Bertz CT molecular complexity index is 695. The van der Waals surface area contributed by atoms with Gasteiger partial charge in [-0.25, -0.2) is 0 Å². The van der Waals surface area contributed by atoms with Crippen molar-refractivity contribution >= 4 is 7.82 Å². The summed E-state index contributed by atoms with van der Waals surface area (Å²) < 4.78 is 30.3. The van der Waals surface area contributed by atoms with E-state index in [0.717, 1.165) is 37.0 Å². The summed E-state index contributed by atoms with van der Waals surface area (Å²) in [6.45, 7) is 2.00. The lowest BCUT2D eigenvalue weighted by atomic mass is 9.99. The van der Waals surface area contributed by atoms with Gasteiger partial charge in [-0.2, -0.15) is 4.57 Å². The van der Waals surface area contributed by atoms with Crippen LogP contribution in [-0.2, 0) is 9.09 Å². The first-order valence-corrected chi connectivity index (χ1v) is 9.58. The maximum atomic E-state index is 13.3. The van der Waals surface area contributed by atoms with E-state index in [4.69, 9.17) is 13.6 Å². The van der Waals surface area contributed by atoms with Gasteiger partial charge in [-0.3, -0.25) is 0 Å². The van der Waals surface area contributed by atoms with Crippen LogP contribution in [0, 0.1) is 0 Å². The highest BCUT2D eigenvalue weighted by Crippen LogP contribution is 2.52. The van der Waals surface area contributed by atoms with Crippen LogP contribution in [0.4, 0.5) is 0 Å². The summed E-state index contributed by atoms with van der Waals surface area (Å²) in [5.41, 5.74) is 1.11. The molecule has 0 bridgehead atoms. The van der Waals surface area contributed by atoms with Gasteiger partial charge in [-0.15, -0.1) is 0 Å². The molecule has 0 N–H and O–H groups in total. The van der Waals surface area contributed by atoms with Crippen molar-refractivity contribution in [3.05, 3.63) is 72.0 Å². The van der Waals surface area contributed by atoms with Crippen molar-refractivity contribution in [1.29, 1.82) is 0 Å². The maximum Gasteiger partial charge on any atom is 0.646 e. The lowest BCUT2D eigenvalue weighted by molar-refractivity contribution is 0.243. The minimum Gasteiger partial charge on any atom is -0.391 e. The first kappa shape index (κ1) is 16.7. The van der Waals surface area contributed by atoms with Crippen LogP contribution in [0.1, 0.15) is 32.6 Å². The van der Waals surface area contributed by atoms with Gasteiger partial charge in [0.1, 0.15) is 17.3 Å². The molecule has 0 aromatic heterocycles. The van der Waals surface area contributed by atoms with E-state index in [1.165, 1.54) is 0 Å². The summed E-state index contributed by atoms with van der Waals surface area (Å²) in [5, 5.41) is 0. The molecule has 1 aliphatic rings. The summed E-state index contributed by atoms with van der Waals surface area (Å²) in [6, 6.07) is 17.9. The molecule has 3 rings (SSSR count). The first-order valence-electron chi connectivity index (χ1n) is 8.12. The number of hydrogen-bond donors (Lipinski definition) is 0. The number of allylic oxidation sites excluding steroid dienone is 2. The van der Waals surface area contributed by atoms with Crippen molar-refractivity contribution in [3.8, 4) is 11.5 Å². The highest BCUT2D eigenvalue weighted by Gasteiger charge is 2.34. The van der Waals surface area contributed by atoms with Gasteiger partial charge in [0, 0.05) is 6.42 Å². The summed E-state index contributed by atoms with van der Waals surface area (Å²) >= 11 is 0. The molecule has 5 heteroatoms.